The van der Waals surface area contributed by atoms with Crippen molar-refractivity contribution in [1.29, 1.82) is 0 Å². The van der Waals surface area contributed by atoms with Crippen LogP contribution in [0.15, 0.2) is 63.5 Å². The van der Waals surface area contributed by atoms with Crippen molar-refractivity contribution in [3.63, 3.8) is 0 Å². The number of amidine groups is 1. The zero-order valence-corrected chi connectivity index (χ0v) is 10.8. The molecule has 0 bridgehead atoms. The zero-order chi connectivity index (χ0) is 13.0. The summed E-state index contributed by atoms with van der Waals surface area (Å²) < 4.78 is 0. The average molecular weight is 258 g/mol. The number of hydrogen-bond donors (Lipinski definition) is 2. The SMILES string of the molecule is Cc1cc(/C(N)=N/O)ccc1Sc1ccccc1. The summed E-state index contributed by atoms with van der Waals surface area (Å²) in [4.78, 5) is 2.35. The van der Waals surface area contributed by atoms with Crippen molar-refractivity contribution in [2.45, 2.75) is 16.7 Å². The van der Waals surface area contributed by atoms with Crippen LogP contribution in [0.5, 0.6) is 0 Å². The van der Waals surface area contributed by atoms with Crippen LogP contribution in [-0.2, 0) is 0 Å². The quantitative estimate of drug-likeness (QED) is 0.384. The topological polar surface area (TPSA) is 58.6 Å². The molecule has 0 fully saturated rings. The molecule has 0 saturated heterocycles. The van der Waals surface area contributed by atoms with Gasteiger partial charge in [0.25, 0.3) is 0 Å². The maximum absolute atomic E-state index is 8.64. The third-order valence-corrected chi connectivity index (χ3v) is 3.74. The highest BCUT2D eigenvalue weighted by atomic mass is 32.2. The van der Waals surface area contributed by atoms with Crippen molar-refractivity contribution >= 4 is 17.6 Å². The summed E-state index contributed by atoms with van der Waals surface area (Å²) in [5.41, 5.74) is 7.39. The molecule has 0 heterocycles. The summed E-state index contributed by atoms with van der Waals surface area (Å²) in [5, 5.41) is 11.6. The predicted molar refractivity (Wildman–Crippen MR) is 74.3 cm³/mol. The van der Waals surface area contributed by atoms with E-state index in [-0.39, 0.29) is 5.84 Å². The van der Waals surface area contributed by atoms with Gasteiger partial charge in [0.1, 0.15) is 0 Å². The first kappa shape index (κ1) is 12.5. The van der Waals surface area contributed by atoms with Crippen molar-refractivity contribution < 1.29 is 5.21 Å². The van der Waals surface area contributed by atoms with E-state index >= 15 is 0 Å². The summed E-state index contributed by atoms with van der Waals surface area (Å²) >= 11 is 1.70. The normalized spacial score (nSPS) is 11.5. The fourth-order valence-corrected chi connectivity index (χ4v) is 2.50. The molecule has 0 aromatic heterocycles. The molecule has 0 aliphatic heterocycles. The number of aryl methyl sites for hydroxylation is 1. The first-order valence-corrected chi connectivity index (χ1v) is 6.34. The molecule has 0 amide bonds. The minimum absolute atomic E-state index is 0.134. The minimum Gasteiger partial charge on any atom is -0.409 e. The Balaban J connectivity index is 2.26. The summed E-state index contributed by atoms with van der Waals surface area (Å²) in [6.45, 7) is 2.01. The van der Waals surface area contributed by atoms with Crippen molar-refractivity contribution in [1.82, 2.24) is 0 Å². The van der Waals surface area contributed by atoms with Crippen LogP contribution in [0.3, 0.4) is 0 Å². The number of benzene rings is 2. The van der Waals surface area contributed by atoms with Gasteiger partial charge in [0.2, 0.25) is 0 Å². The number of rotatable bonds is 3. The van der Waals surface area contributed by atoms with Crippen LogP contribution in [0.2, 0.25) is 0 Å². The van der Waals surface area contributed by atoms with Crippen LogP contribution in [0.1, 0.15) is 11.1 Å². The molecule has 4 heteroatoms. The fraction of sp³-hybridized carbons (Fsp3) is 0.0714. The molecule has 0 aliphatic rings. The Labute approximate surface area is 110 Å². The van der Waals surface area contributed by atoms with Crippen molar-refractivity contribution in [3.05, 3.63) is 59.7 Å². The number of nitrogens with zero attached hydrogens (tertiary/aromatic N) is 1. The molecular weight excluding hydrogens is 244 g/mol. The van der Waals surface area contributed by atoms with Gasteiger partial charge in [-0.05, 0) is 36.8 Å². The zero-order valence-electron chi connectivity index (χ0n) is 10.00. The fourth-order valence-electron chi connectivity index (χ4n) is 1.60. The molecule has 3 nitrogen and oxygen atoms in total. The van der Waals surface area contributed by atoms with Crippen molar-refractivity contribution in [3.8, 4) is 0 Å². The van der Waals surface area contributed by atoms with Crippen LogP contribution in [0.4, 0.5) is 0 Å². The van der Waals surface area contributed by atoms with Gasteiger partial charge in [-0.2, -0.15) is 0 Å². The Morgan fingerprint density at radius 1 is 1.17 bits per heavy atom. The Morgan fingerprint density at radius 3 is 2.50 bits per heavy atom. The molecule has 0 unspecified atom stereocenters. The van der Waals surface area contributed by atoms with E-state index in [4.69, 9.17) is 10.9 Å². The Hall–Kier alpha value is -1.94. The molecule has 0 saturated carbocycles. The van der Waals surface area contributed by atoms with Crippen LogP contribution < -0.4 is 5.73 Å². The lowest BCUT2D eigenvalue weighted by Crippen LogP contribution is -2.13. The highest BCUT2D eigenvalue weighted by Gasteiger charge is 2.04. The molecule has 0 radical (unpaired) electrons. The van der Waals surface area contributed by atoms with Gasteiger partial charge in [-0.25, -0.2) is 0 Å². The minimum atomic E-state index is 0.134. The molecule has 92 valence electrons. The standard InChI is InChI=1S/C14H14N2OS/c1-10-9-11(14(15)16-17)7-8-13(10)18-12-5-3-2-4-6-12/h2-9,17H,1H3,(H2,15,16). The molecule has 3 N–H and O–H groups in total. The van der Waals surface area contributed by atoms with Gasteiger partial charge in [0.05, 0.1) is 0 Å². The van der Waals surface area contributed by atoms with E-state index in [1.54, 1.807) is 11.8 Å². The van der Waals surface area contributed by atoms with E-state index in [0.717, 1.165) is 16.0 Å². The van der Waals surface area contributed by atoms with E-state index in [9.17, 15) is 0 Å². The second-order valence-corrected chi connectivity index (χ2v) is 5.00. The Bertz CT molecular complexity index is 567. The van der Waals surface area contributed by atoms with E-state index in [0.29, 0.717) is 0 Å². The first-order valence-electron chi connectivity index (χ1n) is 5.52. The van der Waals surface area contributed by atoms with E-state index in [2.05, 4.69) is 17.3 Å². The number of hydrogen-bond acceptors (Lipinski definition) is 3. The Morgan fingerprint density at radius 2 is 1.89 bits per heavy atom. The van der Waals surface area contributed by atoms with Gasteiger partial charge >= 0.3 is 0 Å². The second kappa shape index (κ2) is 5.60. The van der Waals surface area contributed by atoms with E-state index in [1.807, 2.05) is 43.3 Å². The largest absolute Gasteiger partial charge is 0.409 e. The van der Waals surface area contributed by atoms with Gasteiger partial charge < -0.3 is 10.9 Å². The molecular formula is C14H14N2OS. The monoisotopic (exact) mass is 258 g/mol. The van der Waals surface area contributed by atoms with Crippen molar-refractivity contribution in [2.24, 2.45) is 10.9 Å². The van der Waals surface area contributed by atoms with Gasteiger partial charge in [0, 0.05) is 15.4 Å². The lowest BCUT2D eigenvalue weighted by molar-refractivity contribution is 0.318. The summed E-state index contributed by atoms with van der Waals surface area (Å²) in [7, 11) is 0. The van der Waals surface area contributed by atoms with Gasteiger partial charge in [0.15, 0.2) is 5.84 Å². The van der Waals surface area contributed by atoms with Gasteiger partial charge in [-0.15, -0.1) is 0 Å². The third-order valence-electron chi connectivity index (χ3n) is 2.55. The predicted octanol–water partition coefficient (Wildman–Crippen LogP) is 3.24. The summed E-state index contributed by atoms with van der Waals surface area (Å²) in [6.07, 6.45) is 0. The maximum atomic E-state index is 8.64. The second-order valence-electron chi connectivity index (χ2n) is 3.88. The highest BCUT2D eigenvalue weighted by molar-refractivity contribution is 7.99. The summed E-state index contributed by atoms with van der Waals surface area (Å²) in [5.74, 6) is 0.134. The molecule has 2 aromatic rings. The highest BCUT2D eigenvalue weighted by Crippen LogP contribution is 2.30. The maximum Gasteiger partial charge on any atom is 0.170 e. The van der Waals surface area contributed by atoms with Crippen LogP contribution in [0, 0.1) is 6.92 Å². The van der Waals surface area contributed by atoms with Gasteiger partial charge in [-0.3, -0.25) is 0 Å². The van der Waals surface area contributed by atoms with E-state index in [1.165, 1.54) is 4.90 Å². The molecule has 0 atom stereocenters. The number of nitrogens with two attached hydrogens (primary N) is 1. The average Bonchev–Trinajstić information content (AvgIpc) is 2.41. The summed E-state index contributed by atoms with van der Waals surface area (Å²) in [6, 6.07) is 15.9. The van der Waals surface area contributed by atoms with Crippen LogP contribution in [-0.4, -0.2) is 11.0 Å². The molecule has 0 spiro atoms. The molecule has 2 rings (SSSR count). The van der Waals surface area contributed by atoms with Crippen molar-refractivity contribution in [2.75, 3.05) is 0 Å². The molecule has 0 aliphatic carbocycles. The first-order chi connectivity index (χ1) is 8.70. The smallest absolute Gasteiger partial charge is 0.170 e. The number of oxime groups is 1. The lowest BCUT2D eigenvalue weighted by Gasteiger charge is -2.07. The lowest BCUT2D eigenvalue weighted by atomic mass is 10.1. The third kappa shape index (κ3) is 2.84. The Kier molecular flexibility index (Phi) is 3.89. The molecule has 18 heavy (non-hydrogen) atoms. The van der Waals surface area contributed by atoms with Crippen LogP contribution >= 0.6 is 11.8 Å². The van der Waals surface area contributed by atoms with Gasteiger partial charge in [-0.1, -0.05) is 41.2 Å². The van der Waals surface area contributed by atoms with Crippen LogP contribution in [0.25, 0.3) is 0 Å². The molecule has 2 aromatic carbocycles. The van der Waals surface area contributed by atoms with E-state index < -0.39 is 0 Å².